The maximum atomic E-state index is 10.4. The standard InChI is InChI=1S/C16H20N4O5S2/c1-7(22)13(24)10(5-21)25-6-20-4-8-9(23)3-11(26)17-14-12(8)15(20)19-16(18-14)27-2/h3-4,7,10,13,21-24H,5-6H2,1-2H3,(H,17,18,19,26)/t7-,10+,13-/m0/s1. The van der Waals surface area contributed by atoms with Crippen molar-refractivity contribution in [3.05, 3.63) is 17.8 Å². The number of hydrogen-bond donors (Lipinski definition) is 5. The highest BCUT2D eigenvalue weighted by atomic mass is 32.2. The first kappa shape index (κ1) is 20.0. The molecule has 2 aromatic heterocycles. The highest BCUT2D eigenvalue weighted by molar-refractivity contribution is 7.98. The van der Waals surface area contributed by atoms with Gasteiger partial charge in [0.25, 0.3) is 0 Å². The number of anilines is 1. The molecule has 2 aromatic rings. The summed E-state index contributed by atoms with van der Waals surface area (Å²) < 4.78 is 7.21. The Kier molecular flexibility index (Phi) is 5.99. The summed E-state index contributed by atoms with van der Waals surface area (Å²) in [5, 5.41) is 43.3. The molecule has 0 amide bonds. The SMILES string of the molecule is CSc1nc2c3c(cn(CO[C@H](CO)[C@@H](O)[C@H](C)O)c3n1)C(O)=CC(=S)N2. The Bertz CT molecular complexity index is 899. The first-order valence-electron chi connectivity index (χ1n) is 8.11. The minimum absolute atomic E-state index is 0.0294. The van der Waals surface area contributed by atoms with E-state index in [0.717, 1.165) is 0 Å². The van der Waals surface area contributed by atoms with E-state index in [-0.39, 0.29) is 12.5 Å². The van der Waals surface area contributed by atoms with Crippen LogP contribution >= 0.6 is 24.0 Å². The lowest BCUT2D eigenvalue weighted by atomic mass is 10.1. The molecule has 0 unspecified atom stereocenters. The van der Waals surface area contributed by atoms with Crippen molar-refractivity contribution in [2.75, 3.05) is 18.2 Å². The molecule has 0 aromatic carbocycles. The zero-order valence-corrected chi connectivity index (χ0v) is 16.3. The summed E-state index contributed by atoms with van der Waals surface area (Å²) in [5.41, 5.74) is 0.986. The molecule has 146 valence electrons. The minimum Gasteiger partial charge on any atom is -0.507 e. The van der Waals surface area contributed by atoms with Gasteiger partial charge in [-0.25, -0.2) is 9.97 Å². The van der Waals surface area contributed by atoms with Crippen molar-refractivity contribution >= 4 is 51.6 Å². The van der Waals surface area contributed by atoms with Gasteiger partial charge in [-0.05, 0) is 13.2 Å². The van der Waals surface area contributed by atoms with Crippen LogP contribution in [0.25, 0.3) is 16.8 Å². The van der Waals surface area contributed by atoms with Crippen molar-refractivity contribution < 1.29 is 25.2 Å². The van der Waals surface area contributed by atoms with Gasteiger partial charge in [-0.15, -0.1) is 0 Å². The van der Waals surface area contributed by atoms with E-state index in [4.69, 9.17) is 17.0 Å². The highest BCUT2D eigenvalue weighted by Gasteiger charge is 2.26. The second-order valence-electron chi connectivity index (χ2n) is 6.04. The number of thioether (sulfide) groups is 1. The van der Waals surface area contributed by atoms with Crippen LogP contribution in [0.4, 0.5) is 5.82 Å². The number of nitrogens with zero attached hydrogens (tertiary/aromatic N) is 3. The Morgan fingerprint density at radius 3 is 2.74 bits per heavy atom. The van der Waals surface area contributed by atoms with Gasteiger partial charge in [-0.2, -0.15) is 0 Å². The molecule has 0 aliphatic carbocycles. The largest absolute Gasteiger partial charge is 0.507 e. The topological polar surface area (TPSA) is 133 Å². The van der Waals surface area contributed by atoms with Crippen LogP contribution in [0.3, 0.4) is 0 Å². The van der Waals surface area contributed by atoms with Crippen molar-refractivity contribution in [1.82, 2.24) is 14.5 Å². The predicted molar refractivity (Wildman–Crippen MR) is 106 cm³/mol. The summed E-state index contributed by atoms with van der Waals surface area (Å²) in [7, 11) is 0. The first-order valence-corrected chi connectivity index (χ1v) is 9.74. The summed E-state index contributed by atoms with van der Waals surface area (Å²) in [6.45, 7) is 0.885. The normalized spacial score (nSPS) is 17.2. The van der Waals surface area contributed by atoms with E-state index in [0.29, 0.717) is 32.6 Å². The van der Waals surface area contributed by atoms with Crippen LogP contribution in [0.1, 0.15) is 12.5 Å². The van der Waals surface area contributed by atoms with Crippen molar-refractivity contribution in [1.29, 1.82) is 0 Å². The lowest BCUT2D eigenvalue weighted by molar-refractivity contribution is -0.119. The number of rotatable bonds is 7. The summed E-state index contributed by atoms with van der Waals surface area (Å²) in [6, 6.07) is 0. The number of aliphatic hydroxyl groups excluding tert-OH is 4. The summed E-state index contributed by atoms with van der Waals surface area (Å²) in [5.74, 6) is 0.448. The van der Waals surface area contributed by atoms with Crippen LogP contribution < -0.4 is 5.32 Å². The van der Waals surface area contributed by atoms with Gasteiger partial charge < -0.3 is 35.0 Å². The number of hydrogen-bond acceptors (Lipinski definition) is 9. The second-order valence-corrected chi connectivity index (χ2v) is 7.25. The van der Waals surface area contributed by atoms with E-state index in [9.17, 15) is 20.4 Å². The van der Waals surface area contributed by atoms with Crippen molar-refractivity contribution in [3.63, 3.8) is 0 Å². The number of aliphatic hydroxyl groups is 4. The van der Waals surface area contributed by atoms with Gasteiger partial charge >= 0.3 is 0 Å². The van der Waals surface area contributed by atoms with E-state index in [1.54, 1.807) is 10.8 Å². The summed E-state index contributed by atoms with van der Waals surface area (Å²) in [4.78, 5) is 9.23. The molecule has 11 heteroatoms. The maximum absolute atomic E-state index is 10.4. The smallest absolute Gasteiger partial charge is 0.191 e. The molecule has 27 heavy (non-hydrogen) atoms. The zero-order valence-electron chi connectivity index (χ0n) is 14.7. The molecule has 3 atom stereocenters. The molecule has 1 aliphatic rings. The fourth-order valence-corrected chi connectivity index (χ4v) is 3.31. The van der Waals surface area contributed by atoms with Crippen molar-refractivity contribution in [2.45, 2.75) is 37.1 Å². The average Bonchev–Trinajstić information content (AvgIpc) is 2.94. The van der Waals surface area contributed by atoms with E-state index in [2.05, 4.69) is 15.3 Å². The van der Waals surface area contributed by atoms with Crippen LogP contribution in [0.15, 0.2) is 17.4 Å². The lowest BCUT2D eigenvalue weighted by Crippen LogP contribution is -2.40. The molecule has 3 rings (SSSR count). The minimum atomic E-state index is -1.24. The molecule has 9 nitrogen and oxygen atoms in total. The molecule has 0 saturated heterocycles. The molecule has 0 radical (unpaired) electrons. The Balaban J connectivity index is 2.02. The molecule has 0 fully saturated rings. The quantitative estimate of drug-likeness (QED) is 0.253. The van der Waals surface area contributed by atoms with Crippen LogP contribution in [-0.4, -0.2) is 71.1 Å². The van der Waals surface area contributed by atoms with Crippen LogP contribution in [0.2, 0.25) is 0 Å². The molecule has 0 spiro atoms. The molecule has 0 bridgehead atoms. The van der Waals surface area contributed by atoms with E-state index >= 15 is 0 Å². The number of aromatic nitrogens is 3. The summed E-state index contributed by atoms with van der Waals surface area (Å²) >= 11 is 6.52. The summed E-state index contributed by atoms with van der Waals surface area (Å²) in [6.07, 6.45) is 1.62. The third-order valence-electron chi connectivity index (χ3n) is 4.15. The molecular formula is C16H20N4O5S2. The molecule has 1 aliphatic heterocycles. The highest BCUT2D eigenvalue weighted by Crippen LogP contribution is 2.34. The van der Waals surface area contributed by atoms with Crippen molar-refractivity contribution in [3.8, 4) is 0 Å². The zero-order chi connectivity index (χ0) is 19.7. The maximum Gasteiger partial charge on any atom is 0.191 e. The molecular weight excluding hydrogens is 392 g/mol. The fraction of sp³-hybridized carbons (Fsp3) is 0.438. The average molecular weight is 412 g/mol. The van der Waals surface area contributed by atoms with E-state index in [1.165, 1.54) is 24.8 Å². The Labute approximate surface area is 164 Å². The van der Waals surface area contributed by atoms with Gasteiger partial charge in [0.05, 0.1) is 18.1 Å². The molecule has 5 N–H and O–H groups in total. The van der Waals surface area contributed by atoms with Gasteiger partial charge in [0.15, 0.2) is 5.16 Å². The van der Waals surface area contributed by atoms with Gasteiger partial charge in [0, 0.05) is 17.8 Å². The van der Waals surface area contributed by atoms with Gasteiger partial charge in [-0.3, -0.25) is 0 Å². The van der Waals surface area contributed by atoms with Gasteiger partial charge in [0.2, 0.25) is 0 Å². The van der Waals surface area contributed by atoms with Crippen LogP contribution in [0, 0.1) is 0 Å². The Morgan fingerprint density at radius 2 is 2.11 bits per heavy atom. The molecule has 0 saturated carbocycles. The third kappa shape index (κ3) is 3.93. The second kappa shape index (κ2) is 8.09. The number of ether oxygens (including phenoxy) is 1. The monoisotopic (exact) mass is 412 g/mol. The predicted octanol–water partition coefficient (Wildman–Crippen LogP) is 0.882. The van der Waals surface area contributed by atoms with Gasteiger partial charge in [-0.1, -0.05) is 24.0 Å². The third-order valence-corrected chi connectivity index (χ3v) is 4.91. The number of thiocarbonyl (C=S) groups is 1. The van der Waals surface area contributed by atoms with E-state index < -0.39 is 24.9 Å². The Hall–Kier alpha value is -1.76. The fourth-order valence-electron chi connectivity index (χ4n) is 2.74. The lowest BCUT2D eigenvalue weighted by Gasteiger charge is -2.23. The van der Waals surface area contributed by atoms with Crippen LogP contribution in [0.5, 0.6) is 0 Å². The van der Waals surface area contributed by atoms with Gasteiger partial charge in [0.1, 0.15) is 41.2 Å². The van der Waals surface area contributed by atoms with Crippen molar-refractivity contribution in [2.24, 2.45) is 0 Å². The van der Waals surface area contributed by atoms with Crippen LogP contribution in [-0.2, 0) is 11.5 Å². The van der Waals surface area contributed by atoms with E-state index in [1.807, 2.05) is 6.26 Å². The Morgan fingerprint density at radius 1 is 1.37 bits per heavy atom. The molecule has 3 heterocycles. The first-order chi connectivity index (χ1) is 12.8. The number of nitrogens with one attached hydrogen (secondary N) is 1.